The molecule has 15 heavy (non-hydrogen) atoms. The van der Waals surface area contributed by atoms with E-state index >= 15 is 0 Å². The van der Waals surface area contributed by atoms with E-state index in [1.807, 2.05) is 13.8 Å². The van der Waals surface area contributed by atoms with Crippen molar-refractivity contribution in [2.75, 3.05) is 6.61 Å². The van der Waals surface area contributed by atoms with Gasteiger partial charge in [-0.1, -0.05) is 0 Å². The lowest BCUT2D eigenvalue weighted by molar-refractivity contribution is 0.106. The second-order valence-electron chi connectivity index (χ2n) is 4.13. The molecule has 2 N–H and O–H groups in total. The minimum Gasteiger partial charge on any atom is -0.375 e. The van der Waals surface area contributed by atoms with Gasteiger partial charge in [0.25, 0.3) is 0 Å². The summed E-state index contributed by atoms with van der Waals surface area (Å²) >= 11 is 0. The Hall–Kier alpha value is -1.00. The van der Waals surface area contributed by atoms with Gasteiger partial charge in [0.1, 0.15) is 5.82 Å². The van der Waals surface area contributed by atoms with Crippen LogP contribution >= 0.6 is 0 Å². The molecule has 82 valence electrons. The Morgan fingerprint density at radius 2 is 2.27 bits per heavy atom. The van der Waals surface area contributed by atoms with E-state index in [1.165, 1.54) is 5.56 Å². The Morgan fingerprint density at radius 3 is 3.00 bits per heavy atom. The van der Waals surface area contributed by atoms with Gasteiger partial charge in [-0.2, -0.15) is 0 Å². The molecule has 4 heteroatoms. The number of hydrogen-bond acceptors (Lipinski definition) is 4. The summed E-state index contributed by atoms with van der Waals surface area (Å²) in [4.78, 5) is 8.98. The van der Waals surface area contributed by atoms with Crippen molar-refractivity contribution in [3.8, 4) is 0 Å². The van der Waals surface area contributed by atoms with Gasteiger partial charge in [-0.3, -0.25) is 0 Å². The average Bonchev–Trinajstić information content (AvgIpc) is 2.16. The number of aromatic nitrogens is 2. The summed E-state index contributed by atoms with van der Waals surface area (Å²) in [5, 5.41) is 0. The maximum Gasteiger partial charge on any atom is 0.130 e. The summed E-state index contributed by atoms with van der Waals surface area (Å²) in [6.45, 7) is 5.40. The molecule has 1 aliphatic rings. The molecule has 0 radical (unpaired) electrons. The molecular weight excluding hydrogens is 190 g/mol. The molecule has 0 spiro atoms. The first kappa shape index (κ1) is 10.5. The Bertz CT molecular complexity index is 363. The molecule has 4 nitrogen and oxygen atoms in total. The molecule has 1 unspecified atom stereocenters. The minimum absolute atomic E-state index is 0.104. The molecule has 0 aromatic carbocycles. The molecule has 1 aromatic rings. The zero-order valence-corrected chi connectivity index (χ0v) is 9.29. The Labute approximate surface area is 89.9 Å². The Kier molecular flexibility index (Phi) is 2.98. The van der Waals surface area contributed by atoms with Crippen LogP contribution in [0.15, 0.2) is 0 Å². The summed E-state index contributed by atoms with van der Waals surface area (Å²) in [6, 6.07) is 0.104. The summed E-state index contributed by atoms with van der Waals surface area (Å²) in [6.07, 6.45) is 1.66. The van der Waals surface area contributed by atoms with Crippen molar-refractivity contribution in [1.29, 1.82) is 0 Å². The van der Waals surface area contributed by atoms with Crippen molar-refractivity contribution in [1.82, 2.24) is 9.97 Å². The van der Waals surface area contributed by atoms with Crippen LogP contribution in [0.1, 0.15) is 29.7 Å². The van der Waals surface area contributed by atoms with E-state index in [4.69, 9.17) is 10.5 Å². The van der Waals surface area contributed by atoms with Crippen LogP contribution in [0, 0.1) is 6.92 Å². The van der Waals surface area contributed by atoms with Gasteiger partial charge in [0, 0.05) is 18.2 Å². The van der Waals surface area contributed by atoms with Crippen molar-refractivity contribution in [3.63, 3.8) is 0 Å². The fourth-order valence-electron chi connectivity index (χ4n) is 1.89. The van der Waals surface area contributed by atoms with E-state index in [1.54, 1.807) is 0 Å². The van der Waals surface area contributed by atoms with Gasteiger partial charge in [-0.15, -0.1) is 0 Å². The van der Waals surface area contributed by atoms with Crippen LogP contribution < -0.4 is 5.73 Å². The van der Waals surface area contributed by atoms with Crippen LogP contribution in [0.3, 0.4) is 0 Å². The zero-order chi connectivity index (χ0) is 10.8. The number of fused-ring (bicyclic) bond motifs is 1. The highest BCUT2D eigenvalue weighted by atomic mass is 16.5. The molecule has 2 rings (SSSR count). The van der Waals surface area contributed by atoms with Crippen LogP contribution in [-0.2, 0) is 24.2 Å². The molecule has 0 bridgehead atoms. The minimum atomic E-state index is 0.104. The molecule has 0 saturated heterocycles. The standard InChI is InChI=1S/C11H17N3O/c1-7(12)5-11-13-8(2)9-3-4-15-6-10(9)14-11/h7H,3-6,12H2,1-2H3. The predicted octanol–water partition coefficient (Wildman–Crippen LogP) is 0.747. The first-order valence-corrected chi connectivity index (χ1v) is 5.35. The fourth-order valence-corrected chi connectivity index (χ4v) is 1.89. The molecular formula is C11H17N3O. The van der Waals surface area contributed by atoms with Gasteiger partial charge in [-0.25, -0.2) is 9.97 Å². The quantitative estimate of drug-likeness (QED) is 0.777. The van der Waals surface area contributed by atoms with E-state index in [0.717, 1.165) is 36.7 Å². The Morgan fingerprint density at radius 1 is 1.47 bits per heavy atom. The molecule has 1 aliphatic heterocycles. The Balaban J connectivity index is 2.32. The molecule has 0 amide bonds. The highest BCUT2D eigenvalue weighted by molar-refractivity contribution is 5.26. The highest BCUT2D eigenvalue weighted by Crippen LogP contribution is 2.17. The third kappa shape index (κ3) is 2.33. The summed E-state index contributed by atoms with van der Waals surface area (Å²) in [5.74, 6) is 0.840. The van der Waals surface area contributed by atoms with Gasteiger partial charge in [0.15, 0.2) is 0 Å². The number of rotatable bonds is 2. The normalized spacial score (nSPS) is 17.3. The first-order chi connectivity index (χ1) is 7.16. The SMILES string of the molecule is Cc1nc(CC(C)N)nc2c1CCOC2. The average molecular weight is 207 g/mol. The van der Waals surface area contributed by atoms with Crippen LogP contribution in [0.4, 0.5) is 0 Å². The van der Waals surface area contributed by atoms with E-state index in [-0.39, 0.29) is 6.04 Å². The number of aryl methyl sites for hydroxylation is 1. The fraction of sp³-hybridized carbons (Fsp3) is 0.636. The van der Waals surface area contributed by atoms with Gasteiger partial charge < -0.3 is 10.5 Å². The van der Waals surface area contributed by atoms with Crippen molar-refractivity contribution in [2.24, 2.45) is 5.73 Å². The van der Waals surface area contributed by atoms with Crippen molar-refractivity contribution in [2.45, 2.75) is 39.3 Å². The third-order valence-corrected chi connectivity index (χ3v) is 2.59. The second-order valence-corrected chi connectivity index (χ2v) is 4.13. The van der Waals surface area contributed by atoms with Crippen LogP contribution in [-0.4, -0.2) is 22.6 Å². The van der Waals surface area contributed by atoms with Gasteiger partial charge >= 0.3 is 0 Å². The first-order valence-electron chi connectivity index (χ1n) is 5.35. The second kappa shape index (κ2) is 4.24. The van der Waals surface area contributed by atoms with E-state index in [2.05, 4.69) is 9.97 Å². The molecule has 2 heterocycles. The molecule has 1 aromatic heterocycles. The van der Waals surface area contributed by atoms with Crippen molar-refractivity contribution in [3.05, 3.63) is 22.8 Å². The van der Waals surface area contributed by atoms with Crippen molar-refractivity contribution >= 4 is 0 Å². The van der Waals surface area contributed by atoms with Crippen LogP contribution in [0.2, 0.25) is 0 Å². The van der Waals surface area contributed by atoms with E-state index in [9.17, 15) is 0 Å². The van der Waals surface area contributed by atoms with E-state index < -0.39 is 0 Å². The van der Waals surface area contributed by atoms with Crippen molar-refractivity contribution < 1.29 is 4.74 Å². The van der Waals surface area contributed by atoms with Gasteiger partial charge in [0.2, 0.25) is 0 Å². The lowest BCUT2D eigenvalue weighted by atomic mass is 10.1. The molecule has 0 fully saturated rings. The highest BCUT2D eigenvalue weighted by Gasteiger charge is 2.15. The summed E-state index contributed by atoms with van der Waals surface area (Å²) in [5.41, 5.74) is 9.13. The summed E-state index contributed by atoms with van der Waals surface area (Å²) in [7, 11) is 0. The smallest absolute Gasteiger partial charge is 0.130 e. The largest absolute Gasteiger partial charge is 0.375 e. The topological polar surface area (TPSA) is 61.0 Å². The number of nitrogens with zero attached hydrogens (tertiary/aromatic N) is 2. The van der Waals surface area contributed by atoms with E-state index in [0.29, 0.717) is 6.61 Å². The molecule has 0 aliphatic carbocycles. The predicted molar refractivity (Wildman–Crippen MR) is 57.5 cm³/mol. The van der Waals surface area contributed by atoms with Gasteiger partial charge in [0.05, 0.1) is 18.9 Å². The monoisotopic (exact) mass is 207 g/mol. The summed E-state index contributed by atoms with van der Waals surface area (Å²) < 4.78 is 5.39. The van der Waals surface area contributed by atoms with Crippen LogP contribution in [0.25, 0.3) is 0 Å². The number of hydrogen-bond donors (Lipinski definition) is 1. The third-order valence-electron chi connectivity index (χ3n) is 2.59. The zero-order valence-electron chi connectivity index (χ0n) is 9.29. The van der Waals surface area contributed by atoms with Gasteiger partial charge in [-0.05, 0) is 25.8 Å². The molecule has 0 saturated carbocycles. The maximum absolute atomic E-state index is 5.74. The lowest BCUT2D eigenvalue weighted by Gasteiger charge is -2.18. The lowest BCUT2D eigenvalue weighted by Crippen LogP contribution is -2.22. The number of nitrogens with two attached hydrogens (primary N) is 1. The van der Waals surface area contributed by atoms with Crippen LogP contribution in [0.5, 0.6) is 0 Å². The number of ether oxygens (including phenoxy) is 1. The molecule has 1 atom stereocenters. The maximum atomic E-state index is 5.74.